The second kappa shape index (κ2) is 6.28. The Bertz CT molecular complexity index is 707. The lowest BCUT2D eigenvalue weighted by atomic mass is 9.78. The van der Waals surface area contributed by atoms with Crippen molar-refractivity contribution in [2.75, 3.05) is 12.0 Å². The average molecular weight is 354 g/mol. The molecule has 0 N–H and O–H groups in total. The molecule has 0 aromatic heterocycles. The third kappa shape index (κ3) is 3.84. The molecule has 0 atom stereocenters. The lowest BCUT2D eigenvalue weighted by Gasteiger charge is -2.32. The van der Waals surface area contributed by atoms with Gasteiger partial charge in [0.2, 0.25) is 0 Å². The molecule has 1 aliphatic heterocycles. The molecule has 0 spiro atoms. The zero-order valence-electron chi connectivity index (χ0n) is 14.2. The molecular weight excluding hydrogens is 331 g/mol. The van der Waals surface area contributed by atoms with Crippen LogP contribution < -0.4 is 0 Å². The maximum atomic E-state index is 11.9. The van der Waals surface area contributed by atoms with Crippen molar-refractivity contribution in [3.05, 3.63) is 35.3 Å². The molecule has 0 radical (unpaired) electrons. The van der Waals surface area contributed by atoms with Crippen molar-refractivity contribution < 1.29 is 17.7 Å². The molecule has 7 heteroatoms. The molecule has 1 aromatic carbocycles. The molecule has 2 rings (SSSR count). The maximum Gasteiger partial charge on any atom is 0.491 e. The first-order chi connectivity index (χ1) is 10.5. The molecule has 1 heterocycles. The zero-order chi connectivity index (χ0) is 17.5. The Balaban J connectivity index is 2.43. The molecule has 23 heavy (non-hydrogen) atoms. The van der Waals surface area contributed by atoms with Gasteiger partial charge in [0.25, 0.3) is 0 Å². The predicted molar refractivity (Wildman–Crippen MR) is 97.5 cm³/mol. The average Bonchev–Trinajstić information content (AvgIpc) is 2.64. The maximum absolute atomic E-state index is 11.9. The molecule has 1 fully saturated rings. The van der Waals surface area contributed by atoms with Crippen LogP contribution in [0.1, 0.15) is 33.3 Å². The molecule has 0 amide bonds. The molecular formula is C16H23BO4S2. The van der Waals surface area contributed by atoms with Crippen LogP contribution in [0.2, 0.25) is 0 Å². The fraction of sp³-hybridized carbons (Fsp3) is 0.500. The number of rotatable bonds is 4. The van der Waals surface area contributed by atoms with E-state index in [4.69, 9.17) is 9.31 Å². The molecule has 0 aliphatic carbocycles. The van der Waals surface area contributed by atoms with Crippen molar-refractivity contribution >= 4 is 35.7 Å². The van der Waals surface area contributed by atoms with Gasteiger partial charge in [-0.05, 0) is 44.8 Å². The highest BCUT2D eigenvalue weighted by Gasteiger charge is 2.52. The summed E-state index contributed by atoms with van der Waals surface area (Å²) < 4.78 is 35.9. The smallest absolute Gasteiger partial charge is 0.400 e. The number of benzene rings is 1. The molecule has 1 aromatic rings. The quantitative estimate of drug-likeness (QED) is 0.667. The zero-order valence-corrected chi connectivity index (χ0v) is 15.9. The Morgan fingerprint density at radius 3 is 2.17 bits per heavy atom. The fourth-order valence-corrected chi connectivity index (χ4v) is 3.44. The highest BCUT2D eigenvalue weighted by Crippen LogP contribution is 2.39. The lowest BCUT2D eigenvalue weighted by molar-refractivity contribution is 0.00578. The van der Waals surface area contributed by atoms with Gasteiger partial charge in [0, 0.05) is 12.0 Å². The first kappa shape index (κ1) is 18.6. The van der Waals surface area contributed by atoms with E-state index in [-0.39, 0.29) is 4.90 Å². The summed E-state index contributed by atoms with van der Waals surface area (Å²) in [6, 6.07) is 6.89. The predicted octanol–water partition coefficient (Wildman–Crippen LogP) is 3.03. The van der Waals surface area contributed by atoms with Crippen LogP contribution >= 0.6 is 12.6 Å². The van der Waals surface area contributed by atoms with Crippen LogP contribution in [-0.2, 0) is 19.1 Å². The van der Waals surface area contributed by atoms with E-state index in [1.54, 1.807) is 30.3 Å². The molecule has 0 saturated carbocycles. The molecule has 1 aliphatic rings. The summed E-state index contributed by atoms with van der Waals surface area (Å²) in [6.07, 6.45) is 3.00. The van der Waals surface area contributed by atoms with Gasteiger partial charge < -0.3 is 9.31 Å². The molecule has 0 unspecified atom stereocenters. The molecule has 1 saturated heterocycles. The van der Waals surface area contributed by atoms with Gasteiger partial charge in [0.1, 0.15) is 0 Å². The van der Waals surface area contributed by atoms with E-state index in [1.807, 2.05) is 27.7 Å². The van der Waals surface area contributed by atoms with Gasteiger partial charge in [-0.15, -0.1) is 0 Å². The van der Waals surface area contributed by atoms with Gasteiger partial charge in [0.15, 0.2) is 9.84 Å². The van der Waals surface area contributed by atoms with E-state index in [1.165, 1.54) is 6.26 Å². The number of thiol groups is 1. The van der Waals surface area contributed by atoms with Crippen molar-refractivity contribution in [1.29, 1.82) is 0 Å². The van der Waals surface area contributed by atoms with Gasteiger partial charge in [-0.1, -0.05) is 24.3 Å². The van der Waals surface area contributed by atoms with E-state index >= 15 is 0 Å². The summed E-state index contributed by atoms with van der Waals surface area (Å²) >= 11 is 4.36. The van der Waals surface area contributed by atoms with Crippen LogP contribution in [0.4, 0.5) is 0 Å². The van der Waals surface area contributed by atoms with E-state index < -0.39 is 28.2 Å². The Hall–Kier alpha value is -0.755. The Morgan fingerprint density at radius 2 is 1.70 bits per heavy atom. The summed E-state index contributed by atoms with van der Waals surface area (Å²) in [7, 11) is -3.84. The van der Waals surface area contributed by atoms with Crippen molar-refractivity contribution in [3.8, 4) is 0 Å². The summed E-state index contributed by atoms with van der Waals surface area (Å²) in [5.41, 5.74) is 0.517. The standard InChI is InChI=1S/C16H23BO4S2/c1-15(2)16(3,4)21-17(20-15)13(11-22)10-12-8-6-7-9-14(12)23(5,18)19/h6-10,22H,11H2,1-5H3. The van der Waals surface area contributed by atoms with Crippen molar-refractivity contribution in [2.45, 2.75) is 43.8 Å². The summed E-state index contributed by atoms with van der Waals surface area (Å²) in [4.78, 5) is 0.288. The molecule has 0 bridgehead atoms. The minimum Gasteiger partial charge on any atom is -0.400 e. The van der Waals surface area contributed by atoms with E-state index in [9.17, 15) is 8.42 Å². The Morgan fingerprint density at radius 1 is 1.17 bits per heavy atom. The Kier molecular flexibility index (Phi) is 5.07. The summed E-state index contributed by atoms with van der Waals surface area (Å²) in [6.45, 7) is 7.92. The van der Waals surface area contributed by atoms with E-state index in [2.05, 4.69) is 12.6 Å². The number of sulfone groups is 1. The monoisotopic (exact) mass is 354 g/mol. The van der Waals surface area contributed by atoms with Crippen LogP contribution in [0.3, 0.4) is 0 Å². The third-order valence-corrected chi connectivity index (χ3v) is 5.93. The van der Waals surface area contributed by atoms with Crippen molar-refractivity contribution in [2.24, 2.45) is 0 Å². The lowest BCUT2D eigenvalue weighted by Crippen LogP contribution is -2.41. The second-order valence-corrected chi connectivity index (χ2v) is 9.08. The number of hydrogen-bond acceptors (Lipinski definition) is 5. The highest BCUT2D eigenvalue weighted by molar-refractivity contribution is 7.90. The highest BCUT2D eigenvalue weighted by atomic mass is 32.2. The second-order valence-electron chi connectivity index (χ2n) is 6.78. The van der Waals surface area contributed by atoms with Crippen LogP contribution in [-0.4, -0.2) is 38.7 Å². The molecule has 126 valence electrons. The first-order valence-corrected chi connectivity index (χ1v) is 9.96. The fourth-order valence-electron chi connectivity index (χ4n) is 2.32. The Labute approximate surface area is 144 Å². The van der Waals surface area contributed by atoms with Crippen LogP contribution in [0.15, 0.2) is 34.6 Å². The van der Waals surface area contributed by atoms with Gasteiger partial charge in [-0.2, -0.15) is 12.6 Å². The van der Waals surface area contributed by atoms with Crippen LogP contribution in [0, 0.1) is 0 Å². The first-order valence-electron chi connectivity index (χ1n) is 7.44. The minimum absolute atomic E-state index is 0.288. The largest absolute Gasteiger partial charge is 0.491 e. The normalized spacial score (nSPS) is 20.8. The van der Waals surface area contributed by atoms with Gasteiger partial charge in [0.05, 0.1) is 16.1 Å². The van der Waals surface area contributed by atoms with Crippen LogP contribution in [0.5, 0.6) is 0 Å². The van der Waals surface area contributed by atoms with Crippen molar-refractivity contribution in [1.82, 2.24) is 0 Å². The number of hydrogen-bond donors (Lipinski definition) is 1. The topological polar surface area (TPSA) is 52.6 Å². The minimum atomic E-state index is -3.31. The van der Waals surface area contributed by atoms with Crippen molar-refractivity contribution in [3.63, 3.8) is 0 Å². The van der Waals surface area contributed by atoms with E-state index in [0.29, 0.717) is 11.3 Å². The summed E-state index contributed by atoms with van der Waals surface area (Å²) in [5.74, 6) is 0.412. The molecule has 4 nitrogen and oxygen atoms in total. The van der Waals surface area contributed by atoms with Gasteiger partial charge in [-0.3, -0.25) is 0 Å². The van der Waals surface area contributed by atoms with E-state index in [0.717, 1.165) is 5.47 Å². The third-order valence-electron chi connectivity index (χ3n) is 4.40. The van der Waals surface area contributed by atoms with Gasteiger partial charge in [-0.25, -0.2) is 8.42 Å². The SMILES string of the molecule is CC1(C)OB(C(=Cc2ccccc2S(C)(=O)=O)CS)OC1(C)C. The van der Waals surface area contributed by atoms with Gasteiger partial charge >= 0.3 is 7.12 Å². The summed E-state index contributed by atoms with van der Waals surface area (Å²) in [5, 5.41) is 0. The van der Waals surface area contributed by atoms with Crippen LogP contribution in [0.25, 0.3) is 6.08 Å².